The summed E-state index contributed by atoms with van der Waals surface area (Å²) in [4.78, 5) is 0. The van der Waals surface area contributed by atoms with Gasteiger partial charge in [0.15, 0.2) is 5.82 Å². The van der Waals surface area contributed by atoms with Crippen LogP contribution >= 0.6 is 15.9 Å². The minimum absolute atomic E-state index is 0.160. The van der Waals surface area contributed by atoms with E-state index in [9.17, 15) is 8.42 Å². The Balaban J connectivity index is 2.72. The van der Waals surface area contributed by atoms with Gasteiger partial charge in [-0.25, -0.2) is 8.42 Å². The number of hydrogen-bond donors (Lipinski definition) is 1. The van der Waals surface area contributed by atoms with Crippen molar-refractivity contribution in [1.29, 1.82) is 0 Å². The van der Waals surface area contributed by atoms with Crippen molar-refractivity contribution in [1.82, 2.24) is 5.16 Å². The Bertz CT molecular complexity index is 306. The highest BCUT2D eigenvalue weighted by molar-refractivity contribution is 9.10. The molecule has 0 bridgehead atoms. The molecule has 0 spiro atoms. The standard InChI is InChI=1S/C4H5BrN2O3S/c5-3-11(8,9)7-4-1-2-10-6-4/h1-2H,3H2,(H,6,7). The van der Waals surface area contributed by atoms with Gasteiger partial charge in [-0.1, -0.05) is 21.1 Å². The summed E-state index contributed by atoms with van der Waals surface area (Å²) in [5, 5.41) is 3.36. The number of halogens is 1. The molecule has 0 amide bonds. The average molecular weight is 241 g/mol. The molecular weight excluding hydrogens is 236 g/mol. The Kier molecular flexibility index (Phi) is 2.50. The predicted octanol–water partition coefficient (Wildman–Crippen LogP) is 0.769. The lowest BCUT2D eigenvalue weighted by molar-refractivity contribution is 0.423. The fourth-order valence-corrected chi connectivity index (χ4v) is 1.27. The molecule has 0 saturated carbocycles. The van der Waals surface area contributed by atoms with Crippen molar-refractivity contribution in [2.45, 2.75) is 0 Å². The number of rotatable bonds is 3. The summed E-state index contributed by atoms with van der Waals surface area (Å²) in [6.45, 7) is 0. The second kappa shape index (κ2) is 3.22. The van der Waals surface area contributed by atoms with Gasteiger partial charge in [-0.15, -0.1) is 0 Å². The van der Waals surface area contributed by atoms with Crippen molar-refractivity contribution >= 4 is 31.8 Å². The number of hydrogen-bond acceptors (Lipinski definition) is 4. The Hall–Kier alpha value is -0.560. The fraction of sp³-hybridized carbons (Fsp3) is 0.250. The van der Waals surface area contributed by atoms with Crippen LogP contribution in [0.3, 0.4) is 0 Å². The highest BCUT2D eigenvalue weighted by Gasteiger charge is 2.08. The Labute approximate surface area is 71.9 Å². The number of alkyl halides is 1. The molecule has 1 rings (SSSR count). The van der Waals surface area contributed by atoms with Crippen LogP contribution in [0.2, 0.25) is 0 Å². The monoisotopic (exact) mass is 240 g/mol. The van der Waals surface area contributed by atoms with Crippen molar-refractivity contribution < 1.29 is 12.9 Å². The number of nitrogens with one attached hydrogen (secondary N) is 1. The zero-order chi connectivity index (χ0) is 8.32. The third-order valence-corrected chi connectivity index (χ3v) is 3.46. The zero-order valence-corrected chi connectivity index (χ0v) is 7.72. The third-order valence-electron chi connectivity index (χ3n) is 0.842. The summed E-state index contributed by atoms with van der Waals surface area (Å²) in [5.41, 5.74) is 0. The van der Waals surface area contributed by atoms with Crippen LogP contribution in [0.4, 0.5) is 5.82 Å². The van der Waals surface area contributed by atoms with Crippen molar-refractivity contribution in [2.24, 2.45) is 0 Å². The van der Waals surface area contributed by atoms with Crippen LogP contribution in [0.5, 0.6) is 0 Å². The third kappa shape index (κ3) is 2.51. The summed E-state index contributed by atoms with van der Waals surface area (Å²) < 4.78 is 28.1. The highest BCUT2D eigenvalue weighted by atomic mass is 79.9. The van der Waals surface area contributed by atoms with Gasteiger partial charge in [-0.05, 0) is 0 Å². The maximum Gasteiger partial charge on any atom is 0.244 e. The smallest absolute Gasteiger partial charge is 0.244 e. The predicted molar refractivity (Wildman–Crippen MR) is 42.8 cm³/mol. The highest BCUT2D eigenvalue weighted by Crippen LogP contribution is 2.05. The van der Waals surface area contributed by atoms with Gasteiger partial charge in [0.05, 0.1) is 0 Å². The first kappa shape index (κ1) is 8.54. The minimum atomic E-state index is -3.30. The Morgan fingerprint density at radius 2 is 2.45 bits per heavy atom. The van der Waals surface area contributed by atoms with Gasteiger partial charge < -0.3 is 4.52 Å². The molecule has 0 unspecified atom stereocenters. The lowest BCUT2D eigenvalue weighted by Crippen LogP contribution is -2.13. The first-order valence-electron chi connectivity index (χ1n) is 2.61. The van der Waals surface area contributed by atoms with Crippen molar-refractivity contribution in [3.8, 4) is 0 Å². The SMILES string of the molecule is O=S(=O)(CBr)Nc1ccon1. The molecule has 11 heavy (non-hydrogen) atoms. The lowest BCUT2D eigenvalue weighted by atomic mass is 10.7. The van der Waals surface area contributed by atoms with Crippen LogP contribution in [0.15, 0.2) is 16.9 Å². The van der Waals surface area contributed by atoms with Crippen LogP contribution in [0.1, 0.15) is 0 Å². The van der Waals surface area contributed by atoms with Gasteiger partial charge in [0, 0.05) is 6.07 Å². The molecule has 62 valence electrons. The lowest BCUT2D eigenvalue weighted by Gasteiger charge is -1.97. The van der Waals surface area contributed by atoms with Gasteiger partial charge in [0.2, 0.25) is 10.0 Å². The van der Waals surface area contributed by atoms with E-state index in [1.807, 2.05) is 0 Å². The Morgan fingerprint density at radius 1 is 1.73 bits per heavy atom. The molecule has 0 aliphatic rings. The van der Waals surface area contributed by atoms with Gasteiger partial charge in [0.25, 0.3) is 0 Å². The number of nitrogens with zero attached hydrogens (tertiary/aromatic N) is 1. The molecule has 1 heterocycles. The molecule has 0 radical (unpaired) electrons. The first-order valence-corrected chi connectivity index (χ1v) is 5.38. The number of sulfonamides is 1. The van der Waals surface area contributed by atoms with Gasteiger partial charge >= 0.3 is 0 Å². The first-order chi connectivity index (χ1) is 5.14. The van der Waals surface area contributed by atoms with E-state index < -0.39 is 10.0 Å². The van der Waals surface area contributed by atoms with E-state index in [-0.39, 0.29) is 10.5 Å². The molecule has 0 aliphatic heterocycles. The van der Waals surface area contributed by atoms with Gasteiger partial charge in [-0.3, -0.25) is 4.72 Å². The van der Waals surface area contributed by atoms with E-state index in [0.29, 0.717) is 0 Å². The zero-order valence-electron chi connectivity index (χ0n) is 5.32. The molecule has 0 aliphatic carbocycles. The van der Waals surface area contributed by atoms with E-state index in [1.165, 1.54) is 12.3 Å². The second-order valence-electron chi connectivity index (χ2n) is 1.71. The van der Waals surface area contributed by atoms with Crippen LogP contribution in [-0.4, -0.2) is 18.2 Å². The summed E-state index contributed by atoms with van der Waals surface area (Å²) in [6, 6.07) is 1.42. The quantitative estimate of drug-likeness (QED) is 0.793. The van der Waals surface area contributed by atoms with Crippen LogP contribution < -0.4 is 4.72 Å². The van der Waals surface area contributed by atoms with E-state index in [1.54, 1.807) is 0 Å². The summed E-state index contributed by atoms with van der Waals surface area (Å²) in [6.07, 6.45) is 1.28. The molecule has 0 atom stereocenters. The van der Waals surface area contributed by atoms with E-state index in [0.717, 1.165) is 0 Å². The van der Waals surface area contributed by atoms with Crippen molar-refractivity contribution in [2.75, 3.05) is 9.38 Å². The fourth-order valence-electron chi connectivity index (χ4n) is 0.452. The Morgan fingerprint density at radius 3 is 2.91 bits per heavy atom. The van der Waals surface area contributed by atoms with Gasteiger partial charge in [0.1, 0.15) is 10.9 Å². The topological polar surface area (TPSA) is 72.2 Å². The van der Waals surface area contributed by atoms with Crippen molar-refractivity contribution in [3.05, 3.63) is 12.3 Å². The van der Waals surface area contributed by atoms with E-state index in [2.05, 4.69) is 30.3 Å². The van der Waals surface area contributed by atoms with Gasteiger partial charge in [-0.2, -0.15) is 0 Å². The minimum Gasteiger partial charge on any atom is -0.363 e. The number of anilines is 1. The van der Waals surface area contributed by atoms with Crippen LogP contribution in [0, 0.1) is 0 Å². The molecule has 1 aromatic heterocycles. The van der Waals surface area contributed by atoms with Crippen LogP contribution in [-0.2, 0) is 10.0 Å². The average Bonchev–Trinajstić information content (AvgIpc) is 2.39. The molecule has 1 aromatic rings. The molecule has 0 saturated heterocycles. The second-order valence-corrected chi connectivity index (χ2v) is 4.74. The summed E-state index contributed by atoms with van der Waals surface area (Å²) in [7, 11) is -3.30. The molecule has 5 nitrogen and oxygen atoms in total. The molecule has 0 fully saturated rings. The normalized spacial score (nSPS) is 11.4. The summed E-state index contributed by atoms with van der Waals surface area (Å²) >= 11 is 2.81. The summed E-state index contributed by atoms with van der Waals surface area (Å²) in [5.74, 6) is 0.185. The van der Waals surface area contributed by atoms with E-state index in [4.69, 9.17) is 0 Å². The van der Waals surface area contributed by atoms with Crippen molar-refractivity contribution in [3.63, 3.8) is 0 Å². The number of aromatic nitrogens is 1. The molecular formula is C4H5BrN2O3S. The molecule has 7 heteroatoms. The maximum atomic E-state index is 10.8. The molecule has 1 N–H and O–H groups in total. The maximum absolute atomic E-state index is 10.8. The largest absolute Gasteiger partial charge is 0.363 e. The van der Waals surface area contributed by atoms with E-state index >= 15 is 0 Å². The van der Waals surface area contributed by atoms with Crippen LogP contribution in [0.25, 0.3) is 0 Å². The molecule has 0 aromatic carbocycles.